The van der Waals surface area contributed by atoms with Gasteiger partial charge < -0.3 is 0 Å². The molecule has 0 aliphatic rings. The van der Waals surface area contributed by atoms with Gasteiger partial charge in [0.2, 0.25) is 0 Å². The van der Waals surface area contributed by atoms with Crippen molar-refractivity contribution in [3.63, 3.8) is 0 Å². The van der Waals surface area contributed by atoms with Crippen molar-refractivity contribution >= 4 is 18.6 Å². The van der Waals surface area contributed by atoms with Crippen LogP contribution in [0.2, 0.25) is 0 Å². The van der Waals surface area contributed by atoms with Gasteiger partial charge in [0.25, 0.3) is 0 Å². The molecule has 92 valence electrons. The summed E-state index contributed by atoms with van der Waals surface area (Å²) in [4.78, 5) is 8.64. The lowest BCUT2D eigenvalue weighted by atomic mass is 9.95. The molecular formula is C13H20N4. The van der Waals surface area contributed by atoms with E-state index in [0.717, 1.165) is 29.9 Å². The summed E-state index contributed by atoms with van der Waals surface area (Å²) in [6, 6.07) is 0. The first-order chi connectivity index (χ1) is 8.19. The van der Waals surface area contributed by atoms with Crippen molar-refractivity contribution in [1.82, 2.24) is 9.97 Å². The van der Waals surface area contributed by atoms with Crippen LogP contribution < -0.4 is 5.01 Å². The minimum atomic E-state index is 0.433. The van der Waals surface area contributed by atoms with Crippen molar-refractivity contribution in [2.24, 2.45) is 5.10 Å². The summed E-state index contributed by atoms with van der Waals surface area (Å²) < 4.78 is 0. The van der Waals surface area contributed by atoms with Crippen molar-refractivity contribution in [2.75, 3.05) is 12.1 Å². The highest BCUT2D eigenvalue weighted by molar-refractivity contribution is 5.65. The Kier molecular flexibility index (Phi) is 4.82. The molecule has 4 nitrogen and oxygen atoms in total. The van der Waals surface area contributed by atoms with Gasteiger partial charge >= 0.3 is 0 Å². The van der Waals surface area contributed by atoms with Crippen LogP contribution in [0.1, 0.15) is 43.9 Å². The minimum Gasteiger partial charge on any atom is -0.251 e. The van der Waals surface area contributed by atoms with E-state index in [9.17, 15) is 0 Å². The Morgan fingerprint density at radius 1 is 1.41 bits per heavy atom. The third-order valence-corrected chi connectivity index (χ3v) is 2.99. The number of nitrogens with zero attached hydrogens (tertiary/aromatic N) is 4. The van der Waals surface area contributed by atoms with Gasteiger partial charge in [-0.3, -0.25) is 5.01 Å². The predicted octanol–water partition coefficient (Wildman–Crippen LogP) is 3.08. The third-order valence-electron chi connectivity index (χ3n) is 2.99. The van der Waals surface area contributed by atoms with E-state index in [1.54, 1.807) is 17.4 Å². The smallest absolute Gasteiger partial charge is 0.159 e. The Balaban J connectivity index is 3.31. The molecule has 0 atom stereocenters. The average molecular weight is 232 g/mol. The third kappa shape index (κ3) is 2.70. The largest absolute Gasteiger partial charge is 0.251 e. The molecule has 1 heterocycles. The second kappa shape index (κ2) is 6.13. The number of hydrogen-bond donors (Lipinski definition) is 0. The van der Waals surface area contributed by atoms with Crippen molar-refractivity contribution < 1.29 is 0 Å². The summed E-state index contributed by atoms with van der Waals surface area (Å²) in [6.07, 6.45) is 5.49. The monoisotopic (exact) mass is 232 g/mol. The van der Waals surface area contributed by atoms with Crippen LogP contribution in [0.3, 0.4) is 0 Å². The molecule has 0 radical (unpaired) electrons. The number of hydrogen-bond acceptors (Lipinski definition) is 4. The van der Waals surface area contributed by atoms with Gasteiger partial charge in [0.15, 0.2) is 5.82 Å². The molecular weight excluding hydrogens is 212 g/mol. The van der Waals surface area contributed by atoms with E-state index in [1.165, 1.54) is 0 Å². The summed E-state index contributed by atoms with van der Waals surface area (Å²) in [7, 11) is 1.82. The highest BCUT2D eigenvalue weighted by Gasteiger charge is 2.17. The Bertz CT molecular complexity index is 396. The maximum absolute atomic E-state index is 4.40. The highest BCUT2D eigenvalue weighted by Crippen LogP contribution is 2.29. The highest BCUT2D eigenvalue weighted by atomic mass is 15.5. The number of rotatable bonds is 6. The fourth-order valence-corrected chi connectivity index (χ4v) is 1.92. The van der Waals surface area contributed by atoms with Crippen LogP contribution in [0.5, 0.6) is 0 Å². The Hall–Kier alpha value is -1.71. The molecule has 0 N–H and O–H groups in total. The van der Waals surface area contributed by atoms with Gasteiger partial charge in [-0.2, -0.15) is 5.10 Å². The Morgan fingerprint density at radius 2 is 2.06 bits per heavy atom. The maximum Gasteiger partial charge on any atom is 0.159 e. The molecule has 17 heavy (non-hydrogen) atoms. The van der Waals surface area contributed by atoms with E-state index < -0.39 is 0 Å². The van der Waals surface area contributed by atoms with Crippen LogP contribution in [0, 0.1) is 0 Å². The molecule has 0 spiro atoms. The van der Waals surface area contributed by atoms with Crippen LogP contribution in [0.25, 0.3) is 6.08 Å². The molecule has 0 amide bonds. The van der Waals surface area contributed by atoms with E-state index in [-0.39, 0.29) is 0 Å². The topological polar surface area (TPSA) is 41.4 Å². The molecule has 0 unspecified atom stereocenters. The normalized spacial score (nSPS) is 10.4. The number of anilines is 1. The zero-order valence-corrected chi connectivity index (χ0v) is 10.8. The first kappa shape index (κ1) is 13.4. The van der Waals surface area contributed by atoms with E-state index in [4.69, 9.17) is 0 Å². The van der Waals surface area contributed by atoms with Crippen molar-refractivity contribution in [3.8, 4) is 0 Å². The van der Waals surface area contributed by atoms with Crippen LogP contribution >= 0.6 is 0 Å². The molecule has 0 aliphatic heterocycles. The van der Waals surface area contributed by atoms with Gasteiger partial charge in [-0.25, -0.2) is 9.97 Å². The summed E-state index contributed by atoms with van der Waals surface area (Å²) in [5.41, 5.74) is 2.00. The summed E-state index contributed by atoms with van der Waals surface area (Å²) in [5.74, 6) is 1.19. The van der Waals surface area contributed by atoms with E-state index in [2.05, 4.69) is 42.2 Å². The number of hydrazone groups is 1. The van der Waals surface area contributed by atoms with Crippen molar-refractivity contribution in [1.29, 1.82) is 0 Å². The lowest BCUT2D eigenvalue weighted by molar-refractivity contribution is 0.619. The van der Waals surface area contributed by atoms with Crippen LogP contribution in [-0.2, 0) is 0 Å². The van der Waals surface area contributed by atoms with Crippen molar-refractivity contribution in [2.45, 2.75) is 32.6 Å². The Morgan fingerprint density at radius 3 is 2.53 bits per heavy atom. The molecule has 1 rings (SSSR count). The van der Waals surface area contributed by atoms with Crippen LogP contribution in [0.4, 0.5) is 5.82 Å². The first-order valence-corrected chi connectivity index (χ1v) is 5.87. The molecule has 1 aromatic rings. The molecule has 0 aromatic carbocycles. The van der Waals surface area contributed by atoms with Gasteiger partial charge in [0.05, 0.1) is 5.69 Å². The SMILES string of the molecule is C=Cc1c(C(CC)CC)ncnc1N(C)N=C. The zero-order chi connectivity index (χ0) is 12.8. The zero-order valence-electron chi connectivity index (χ0n) is 10.8. The molecule has 0 saturated heterocycles. The average Bonchev–Trinajstić information content (AvgIpc) is 2.39. The minimum absolute atomic E-state index is 0.433. The standard InChI is InChI=1S/C13H20N4/c1-6-10(7-2)12-11(8-3)13(16-9-15-12)17(5)14-4/h8-10H,3-4,6-7H2,1-2,5H3. The Labute approximate surface area is 103 Å². The predicted molar refractivity (Wildman–Crippen MR) is 73.4 cm³/mol. The van der Waals surface area contributed by atoms with Gasteiger partial charge in [0, 0.05) is 25.2 Å². The van der Waals surface area contributed by atoms with Gasteiger partial charge in [-0.1, -0.05) is 26.5 Å². The summed E-state index contributed by atoms with van der Waals surface area (Å²) in [6.45, 7) is 11.7. The second-order valence-electron chi connectivity index (χ2n) is 3.88. The first-order valence-electron chi connectivity index (χ1n) is 5.87. The summed E-state index contributed by atoms with van der Waals surface area (Å²) >= 11 is 0. The second-order valence-corrected chi connectivity index (χ2v) is 3.88. The molecule has 4 heteroatoms. The van der Waals surface area contributed by atoms with E-state index >= 15 is 0 Å². The summed E-state index contributed by atoms with van der Waals surface area (Å²) in [5, 5.41) is 5.51. The fourth-order valence-electron chi connectivity index (χ4n) is 1.92. The lowest BCUT2D eigenvalue weighted by Crippen LogP contribution is -2.14. The quantitative estimate of drug-likeness (QED) is 0.559. The molecule has 0 fully saturated rings. The molecule has 0 aliphatic carbocycles. The molecule has 0 saturated carbocycles. The molecule has 1 aromatic heterocycles. The van der Waals surface area contributed by atoms with Crippen LogP contribution in [0.15, 0.2) is 18.0 Å². The maximum atomic E-state index is 4.40. The van der Waals surface area contributed by atoms with E-state index in [1.807, 2.05) is 7.05 Å². The number of aromatic nitrogens is 2. The van der Waals surface area contributed by atoms with Gasteiger partial charge in [-0.15, -0.1) is 0 Å². The fraction of sp³-hybridized carbons (Fsp3) is 0.462. The molecule has 0 bridgehead atoms. The van der Waals surface area contributed by atoms with Gasteiger partial charge in [0.1, 0.15) is 6.33 Å². The van der Waals surface area contributed by atoms with Gasteiger partial charge in [-0.05, 0) is 12.8 Å². The van der Waals surface area contributed by atoms with Crippen molar-refractivity contribution in [3.05, 3.63) is 24.2 Å². The van der Waals surface area contributed by atoms with Crippen LogP contribution in [-0.4, -0.2) is 23.7 Å². The van der Waals surface area contributed by atoms with E-state index in [0.29, 0.717) is 5.92 Å². The lowest BCUT2D eigenvalue weighted by Gasteiger charge is -2.19.